The van der Waals surface area contributed by atoms with E-state index >= 15 is 0 Å². The number of esters is 1. The second-order valence-electron chi connectivity index (χ2n) is 4.43. The van der Waals surface area contributed by atoms with E-state index in [0.717, 1.165) is 29.1 Å². The molecule has 0 unspecified atom stereocenters. The van der Waals surface area contributed by atoms with Crippen LogP contribution in [0, 0.1) is 0 Å². The molecule has 0 amide bonds. The Kier molecular flexibility index (Phi) is 2.98. The number of H-pyrrole nitrogens is 1. The molecule has 3 rings (SSSR count). The lowest BCUT2D eigenvalue weighted by atomic mass is 10.2. The summed E-state index contributed by atoms with van der Waals surface area (Å²) in [5, 5.41) is 7.27. The Hall–Kier alpha value is -1.89. The van der Waals surface area contributed by atoms with Crippen molar-refractivity contribution in [1.82, 2.24) is 15.2 Å². The average molecular weight is 278 g/mol. The van der Waals surface area contributed by atoms with Crippen molar-refractivity contribution in [2.24, 2.45) is 0 Å². The lowest BCUT2D eigenvalue weighted by molar-refractivity contribution is 0.0530. The van der Waals surface area contributed by atoms with E-state index in [2.05, 4.69) is 15.2 Å². The van der Waals surface area contributed by atoms with Crippen LogP contribution in [0.2, 0.25) is 0 Å². The molecule has 1 aliphatic carbocycles. The molecule has 2 heterocycles. The maximum absolute atomic E-state index is 12.0. The Morgan fingerprint density at radius 1 is 1.63 bits per heavy atom. The van der Waals surface area contributed by atoms with E-state index < -0.39 is 0 Å². The number of aromatic nitrogens is 3. The second kappa shape index (κ2) is 4.65. The molecule has 0 atom stereocenters. The number of hydrogen-bond donors (Lipinski definition) is 2. The predicted molar refractivity (Wildman–Crippen MR) is 72.0 cm³/mol. The molecule has 0 aromatic carbocycles. The molecular weight excluding hydrogens is 264 g/mol. The molecule has 0 spiro atoms. The first-order chi connectivity index (χ1) is 9.20. The zero-order valence-electron chi connectivity index (χ0n) is 10.5. The van der Waals surface area contributed by atoms with Crippen LogP contribution in [0.25, 0.3) is 10.6 Å². The fraction of sp³-hybridized carbons (Fsp3) is 0.417. The van der Waals surface area contributed by atoms with Crippen LogP contribution < -0.4 is 5.73 Å². The van der Waals surface area contributed by atoms with Crippen LogP contribution in [0.5, 0.6) is 0 Å². The van der Waals surface area contributed by atoms with Crippen molar-refractivity contribution in [2.75, 3.05) is 12.3 Å². The summed E-state index contributed by atoms with van der Waals surface area (Å²) in [6, 6.07) is 0. The SMILES string of the molecule is CCOC(=O)c1sc(-c2cn[nH]c2N)nc1C1CC1. The van der Waals surface area contributed by atoms with Gasteiger partial charge in [-0.15, -0.1) is 11.3 Å². The van der Waals surface area contributed by atoms with Crippen molar-refractivity contribution < 1.29 is 9.53 Å². The van der Waals surface area contributed by atoms with Gasteiger partial charge in [0.25, 0.3) is 0 Å². The van der Waals surface area contributed by atoms with Gasteiger partial charge in [0.1, 0.15) is 15.7 Å². The topological polar surface area (TPSA) is 93.9 Å². The van der Waals surface area contributed by atoms with Gasteiger partial charge in [0.2, 0.25) is 0 Å². The summed E-state index contributed by atoms with van der Waals surface area (Å²) < 4.78 is 5.08. The Morgan fingerprint density at radius 3 is 3.00 bits per heavy atom. The number of anilines is 1. The van der Waals surface area contributed by atoms with Crippen molar-refractivity contribution in [3.63, 3.8) is 0 Å². The van der Waals surface area contributed by atoms with Crippen molar-refractivity contribution in [2.45, 2.75) is 25.7 Å². The number of carbonyl (C=O) groups is 1. The lowest BCUT2D eigenvalue weighted by Crippen LogP contribution is -2.05. The Labute approximate surface area is 114 Å². The third-order valence-corrected chi connectivity index (χ3v) is 4.06. The fourth-order valence-electron chi connectivity index (χ4n) is 1.89. The van der Waals surface area contributed by atoms with Gasteiger partial charge >= 0.3 is 5.97 Å². The first kappa shape index (κ1) is 12.2. The van der Waals surface area contributed by atoms with Gasteiger partial charge in [0.15, 0.2) is 0 Å². The maximum Gasteiger partial charge on any atom is 0.350 e. The fourth-order valence-corrected chi connectivity index (χ4v) is 2.96. The first-order valence-electron chi connectivity index (χ1n) is 6.17. The number of rotatable bonds is 4. The number of nitrogen functional groups attached to an aromatic ring is 1. The minimum atomic E-state index is -0.296. The second-order valence-corrected chi connectivity index (χ2v) is 5.42. The molecule has 0 saturated heterocycles. The highest BCUT2D eigenvalue weighted by Crippen LogP contribution is 2.44. The summed E-state index contributed by atoms with van der Waals surface area (Å²) in [7, 11) is 0. The molecule has 19 heavy (non-hydrogen) atoms. The number of thiazole rings is 1. The molecule has 2 aromatic rings. The molecule has 1 fully saturated rings. The number of nitrogens with zero attached hydrogens (tertiary/aromatic N) is 2. The van der Waals surface area contributed by atoms with E-state index in [1.165, 1.54) is 11.3 Å². The third-order valence-electron chi connectivity index (χ3n) is 2.98. The summed E-state index contributed by atoms with van der Waals surface area (Å²) in [6.45, 7) is 2.16. The van der Waals surface area contributed by atoms with Gasteiger partial charge in [-0.3, -0.25) is 5.10 Å². The Morgan fingerprint density at radius 2 is 2.42 bits per heavy atom. The van der Waals surface area contributed by atoms with Crippen molar-refractivity contribution in [3.05, 3.63) is 16.8 Å². The zero-order chi connectivity index (χ0) is 13.4. The van der Waals surface area contributed by atoms with Crippen molar-refractivity contribution in [3.8, 4) is 10.6 Å². The summed E-state index contributed by atoms with van der Waals surface area (Å²) in [6.07, 6.45) is 3.78. The van der Waals surface area contributed by atoms with Gasteiger partial charge < -0.3 is 10.5 Å². The van der Waals surface area contributed by atoms with Crippen molar-refractivity contribution >= 4 is 23.1 Å². The lowest BCUT2D eigenvalue weighted by Gasteiger charge is -1.99. The van der Waals surface area contributed by atoms with E-state index in [1.807, 2.05) is 0 Å². The van der Waals surface area contributed by atoms with Gasteiger partial charge in [0, 0.05) is 5.92 Å². The molecule has 3 N–H and O–H groups in total. The van der Waals surface area contributed by atoms with E-state index in [1.54, 1.807) is 13.1 Å². The van der Waals surface area contributed by atoms with Gasteiger partial charge in [-0.05, 0) is 19.8 Å². The summed E-state index contributed by atoms with van der Waals surface area (Å²) in [5.74, 6) is 0.555. The Balaban J connectivity index is 2.01. The number of hydrogen-bond acceptors (Lipinski definition) is 6. The van der Waals surface area contributed by atoms with Gasteiger partial charge in [-0.2, -0.15) is 5.10 Å². The van der Waals surface area contributed by atoms with Crippen LogP contribution >= 0.6 is 11.3 Å². The standard InChI is InChI=1S/C12H14N4O2S/c1-2-18-12(17)9-8(6-3-4-6)15-11(19-9)7-5-14-16-10(7)13/h5-6H,2-4H2,1H3,(H3,13,14,16). The minimum Gasteiger partial charge on any atom is -0.462 e. The molecular formula is C12H14N4O2S. The maximum atomic E-state index is 12.0. The van der Waals surface area contributed by atoms with Crippen LogP contribution in [0.1, 0.15) is 41.0 Å². The van der Waals surface area contributed by atoms with Crippen LogP contribution in [0.3, 0.4) is 0 Å². The number of carbonyl (C=O) groups excluding carboxylic acids is 1. The van der Waals surface area contributed by atoms with E-state index in [0.29, 0.717) is 23.2 Å². The third kappa shape index (κ3) is 2.21. The summed E-state index contributed by atoms with van der Waals surface area (Å²) in [5.41, 5.74) is 7.38. The molecule has 1 aliphatic rings. The van der Waals surface area contributed by atoms with Crippen molar-refractivity contribution in [1.29, 1.82) is 0 Å². The normalized spacial score (nSPS) is 14.6. The highest BCUT2D eigenvalue weighted by Gasteiger charge is 2.33. The first-order valence-corrected chi connectivity index (χ1v) is 6.99. The van der Waals surface area contributed by atoms with Gasteiger partial charge in [0.05, 0.1) is 24.1 Å². The quantitative estimate of drug-likeness (QED) is 0.836. The smallest absolute Gasteiger partial charge is 0.350 e. The molecule has 7 heteroatoms. The predicted octanol–water partition coefficient (Wildman–Crippen LogP) is 2.17. The average Bonchev–Trinajstić information content (AvgIpc) is 2.99. The summed E-state index contributed by atoms with van der Waals surface area (Å²) >= 11 is 1.32. The van der Waals surface area contributed by atoms with Crippen LogP contribution in [-0.4, -0.2) is 27.8 Å². The van der Waals surface area contributed by atoms with Gasteiger partial charge in [-0.1, -0.05) is 0 Å². The van der Waals surface area contributed by atoms with Crippen LogP contribution in [-0.2, 0) is 4.74 Å². The molecule has 100 valence electrons. The highest BCUT2D eigenvalue weighted by molar-refractivity contribution is 7.17. The molecule has 2 aromatic heterocycles. The van der Waals surface area contributed by atoms with E-state index in [-0.39, 0.29) is 5.97 Å². The largest absolute Gasteiger partial charge is 0.462 e. The number of nitrogens with one attached hydrogen (secondary N) is 1. The van der Waals surface area contributed by atoms with Crippen LogP contribution in [0.4, 0.5) is 5.82 Å². The molecule has 6 nitrogen and oxygen atoms in total. The zero-order valence-corrected chi connectivity index (χ0v) is 11.3. The number of nitrogens with two attached hydrogens (primary N) is 1. The number of aromatic amines is 1. The highest BCUT2D eigenvalue weighted by atomic mass is 32.1. The minimum absolute atomic E-state index is 0.296. The Bertz CT molecular complexity index is 615. The molecule has 0 radical (unpaired) electrons. The van der Waals surface area contributed by atoms with Gasteiger partial charge in [-0.25, -0.2) is 9.78 Å². The molecule has 0 bridgehead atoms. The summed E-state index contributed by atoms with van der Waals surface area (Å²) in [4.78, 5) is 17.1. The molecule has 0 aliphatic heterocycles. The molecule has 1 saturated carbocycles. The van der Waals surface area contributed by atoms with E-state index in [9.17, 15) is 4.79 Å². The van der Waals surface area contributed by atoms with Crippen LogP contribution in [0.15, 0.2) is 6.20 Å². The monoisotopic (exact) mass is 278 g/mol. The van der Waals surface area contributed by atoms with E-state index in [4.69, 9.17) is 10.5 Å². The number of ether oxygens (including phenoxy) is 1.